The maximum atomic E-state index is 12.3. The van der Waals surface area contributed by atoms with Crippen molar-refractivity contribution in [3.63, 3.8) is 0 Å². The molecule has 0 radical (unpaired) electrons. The Kier molecular flexibility index (Phi) is 5.91. The summed E-state index contributed by atoms with van der Waals surface area (Å²) in [5.41, 5.74) is -0.137. The zero-order chi connectivity index (χ0) is 18.5. The Bertz CT molecular complexity index is 811. The van der Waals surface area contributed by atoms with Crippen molar-refractivity contribution in [2.45, 2.75) is 50.6 Å². The van der Waals surface area contributed by atoms with Crippen LogP contribution in [0, 0.1) is 0 Å². The molecule has 25 heavy (non-hydrogen) atoms. The van der Waals surface area contributed by atoms with E-state index >= 15 is 0 Å². The lowest BCUT2D eigenvalue weighted by Crippen LogP contribution is -2.40. The van der Waals surface area contributed by atoms with Crippen molar-refractivity contribution in [1.82, 2.24) is 19.5 Å². The van der Waals surface area contributed by atoms with Crippen LogP contribution in [-0.4, -0.2) is 34.6 Å². The first-order valence-electron chi connectivity index (χ1n) is 7.92. The van der Waals surface area contributed by atoms with Gasteiger partial charge < -0.3 is 5.32 Å². The van der Waals surface area contributed by atoms with E-state index in [0.717, 1.165) is 0 Å². The lowest BCUT2D eigenvalue weighted by Gasteiger charge is -2.20. The SMILES string of the molecule is CC(C)(C)NS(=O)(=O)c1cccc(NC(=O)CCCn2cncn2)c1. The third kappa shape index (κ3) is 6.28. The maximum absolute atomic E-state index is 12.3. The van der Waals surface area contributed by atoms with Crippen LogP contribution in [0.3, 0.4) is 0 Å². The van der Waals surface area contributed by atoms with Crippen molar-refractivity contribution in [2.24, 2.45) is 0 Å². The summed E-state index contributed by atoms with van der Waals surface area (Å²) in [7, 11) is -3.64. The largest absolute Gasteiger partial charge is 0.326 e. The summed E-state index contributed by atoms with van der Waals surface area (Å²) in [5.74, 6) is -0.182. The number of nitrogens with one attached hydrogen (secondary N) is 2. The van der Waals surface area contributed by atoms with E-state index in [-0.39, 0.29) is 10.8 Å². The molecule has 0 saturated heterocycles. The third-order valence-corrected chi connectivity index (χ3v) is 4.88. The minimum absolute atomic E-state index is 0.114. The molecule has 0 fully saturated rings. The van der Waals surface area contributed by atoms with Crippen molar-refractivity contribution < 1.29 is 13.2 Å². The Labute approximate surface area is 147 Å². The normalized spacial score (nSPS) is 12.1. The Morgan fingerprint density at radius 1 is 1.28 bits per heavy atom. The van der Waals surface area contributed by atoms with E-state index in [1.807, 2.05) is 0 Å². The summed E-state index contributed by atoms with van der Waals surface area (Å²) in [5, 5.41) is 6.69. The number of rotatable bonds is 7. The van der Waals surface area contributed by atoms with Gasteiger partial charge >= 0.3 is 0 Å². The van der Waals surface area contributed by atoms with Crippen LogP contribution in [0.25, 0.3) is 0 Å². The first-order valence-corrected chi connectivity index (χ1v) is 9.40. The van der Waals surface area contributed by atoms with Gasteiger partial charge in [-0.3, -0.25) is 9.48 Å². The summed E-state index contributed by atoms with van der Waals surface area (Å²) >= 11 is 0. The van der Waals surface area contributed by atoms with Crippen LogP contribution in [0.2, 0.25) is 0 Å². The number of aryl methyl sites for hydroxylation is 1. The molecule has 2 aromatic rings. The van der Waals surface area contributed by atoms with Gasteiger partial charge in [0.2, 0.25) is 15.9 Å². The van der Waals surface area contributed by atoms with Gasteiger partial charge in [0.15, 0.2) is 0 Å². The molecular weight excluding hydrogens is 342 g/mol. The minimum Gasteiger partial charge on any atom is -0.326 e. The van der Waals surface area contributed by atoms with Crippen LogP contribution in [-0.2, 0) is 21.4 Å². The monoisotopic (exact) mass is 365 g/mol. The van der Waals surface area contributed by atoms with Crippen molar-refractivity contribution in [3.05, 3.63) is 36.9 Å². The second-order valence-electron chi connectivity index (χ2n) is 6.69. The number of nitrogens with zero attached hydrogens (tertiary/aromatic N) is 3. The Morgan fingerprint density at radius 2 is 2.04 bits per heavy atom. The van der Waals surface area contributed by atoms with Gasteiger partial charge in [0.1, 0.15) is 12.7 Å². The van der Waals surface area contributed by atoms with Gasteiger partial charge in [0.25, 0.3) is 0 Å². The van der Waals surface area contributed by atoms with Gasteiger partial charge in [-0.1, -0.05) is 6.07 Å². The number of aromatic nitrogens is 3. The van der Waals surface area contributed by atoms with Crippen LogP contribution in [0.5, 0.6) is 0 Å². The predicted octanol–water partition coefficient (Wildman–Crippen LogP) is 1.77. The van der Waals surface area contributed by atoms with Gasteiger partial charge in [-0.25, -0.2) is 18.1 Å². The average molecular weight is 365 g/mol. The molecule has 0 atom stereocenters. The number of carbonyl (C=O) groups is 1. The molecule has 0 aliphatic rings. The summed E-state index contributed by atoms with van der Waals surface area (Å²) in [4.78, 5) is 16.0. The van der Waals surface area contributed by atoms with E-state index < -0.39 is 15.6 Å². The summed E-state index contributed by atoms with van der Waals surface area (Å²) < 4.78 is 28.9. The maximum Gasteiger partial charge on any atom is 0.241 e. The molecule has 136 valence electrons. The molecule has 2 N–H and O–H groups in total. The quantitative estimate of drug-likeness (QED) is 0.778. The first-order chi connectivity index (χ1) is 11.7. The molecule has 0 bridgehead atoms. The highest BCUT2D eigenvalue weighted by molar-refractivity contribution is 7.89. The fourth-order valence-electron chi connectivity index (χ4n) is 2.18. The van der Waals surface area contributed by atoms with Crippen molar-refractivity contribution in [1.29, 1.82) is 0 Å². The van der Waals surface area contributed by atoms with Crippen LogP contribution in [0.15, 0.2) is 41.8 Å². The lowest BCUT2D eigenvalue weighted by atomic mass is 10.1. The molecule has 1 aromatic heterocycles. The summed E-state index contributed by atoms with van der Waals surface area (Å²) in [6, 6.07) is 6.20. The zero-order valence-electron chi connectivity index (χ0n) is 14.6. The second-order valence-corrected chi connectivity index (χ2v) is 8.38. The number of benzene rings is 1. The Morgan fingerprint density at radius 3 is 2.68 bits per heavy atom. The van der Waals surface area contributed by atoms with E-state index in [1.54, 1.807) is 43.9 Å². The van der Waals surface area contributed by atoms with Crippen LogP contribution in [0.1, 0.15) is 33.6 Å². The van der Waals surface area contributed by atoms with Gasteiger partial charge in [0.05, 0.1) is 4.90 Å². The molecule has 9 heteroatoms. The van der Waals surface area contributed by atoms with Crippen molar-refractivity contribution in [3.8, 4) is 0 Å². The molecule has 0 aliphatic carbocycles. The lowest BCUT2D eigenvalue weighted by molar-refractivity contribution is -0.116. The van der Waals surface area contributed by atoms with E-state index in [0.29, 0.717) is 25.1 Å². The Balaban J connectivity index is 1.95. The van der Waals surface area contributed by atoms with E-state index in [9.17, 15) is 13.2 Å². The highest BCUT2D eigenvalue weighted by Gasteiger charge is 2.22. The van der Waals surface area contributed by atoms with E-state index in [4.69, 9.17) is 0 Å². The zero-order valence-corrected chi connectivity index (χ0v) is 15.4. The molecule has 1 amide bonds. The van der Waals surface area contributed by atoms with Crippen LogP contribution in [0.4, 0.5) is 5.69 Å². The molecule has 1 heterocycles. The highest BCUT2D eigenvalue weighted by Crippen LogP contribution is 2.17. The van der Waals surface area contributed by atoms with Crippen molar-refractivity contribution >= 4 is 21.6 Å². The van der Waals surface area contributed by atoms with E-state index in [2.05, 4.69) is 20.1 Å². The fraction of sp³-hybridized carbons (Fsp3) is 0.438. The smallest absolute Gasteiger partial charge is 0.241 e. The number of amides is 1. The summed E-state index contributed by atoms with van der Waals surface area (Å²) in [6.07, 6.45) is 3.95. The molecule has 0 unspecified atom stereocenters. The topological polar surface area (TPSA) is 106 Å². The van der Waals surface area contributed by atoms with Gasteiger partial charge in [0, 0.05) is 24.2 Å². The molecule has 0 spiro atoms. The standard InChI is InChI=1S/C16H23N5O3S/c1-16(2,3)20-25(23,24)14-7-4-6-13(10-14)19-15(22)8-5-9-21-12-17-11-18-21/h4,6-7,10-12,20H,5,8-9H2,1-3H3,(H,19,22). The molecule has 0 saturated carbocycles. The molecular formula is C16H23N5O3S. The summed E-state index contributed by atoms with van der Waals surface area (Å²) in [6.45, 7) is 5.90. The number of sulfonamides is 1. The average Bonchev–Trinajstić information content (AvgIpc) is 2.98. The van der Waals surface area contributed by atoms with E-state index in [1.165, 1.54) is 18.5 Å². The van der Waals surface area contributed by atoms with Crippen LogP contribution < -0.4 is 10.0 Å². The number of hydrogen-bond acceptors (Lipinski definition) is 5. The first kappa shape index (κ1) is 19.1. The van der Waals surface area contributed by atoms with Gasteiger partial charge in [-0.05, 0) is 45.4 Å². The van der Waals surface area contributed by atoms with Gasteiger partial charge in [-0.15, -0.1) is 0 Å². The number of carbonyl (C=O) groups excluding carboxylic acids is 1. The molecule has 1 aromatic carbocycles. The van der Waals surface area contributed by atoms with Gasteiger partial charge in [-0.2, -0.15) is 5.10 Å². The minimum atomic E-state index is -3.64. The number of anilines is 1. The second kappa shape index (κ2) is 7.75. The number of hydrogen-bond donors (Lipinski definition) is 2. The highest BCUT2D eigenvalue weighted by atomic mass is 32.2. The Hall–Kier alpha value is -2.26. The molecule has 2 rings (SSSR count). The fourth-order valence-corrected chi connectivity index (χ4v) is 3.64. The third-order valence-electron chi connectivity index (χ3n) is 3.13. The predicted molar refractivity (Wildman–Crippen MR) is 94.4 cm³/mol. The van der Waals surface area contributed by atoms with Crippen molar-refractivity contribution in [2.75, 3.05) is 5.32 Å². The molecule has 8 nitrogen and oxygen atoms in total. The van der Waals surface area contributed by atoms with Crippen LogP contribution >= 0.6 is 0 Å². The molecule has 0 aliphatic heterocycles.